The van der Waals surface area contributed by atoms with Crippen LogP contribution in [-0.2, 0) is 0 Å². The van der Waals surface area contributed by atoms with Crippen molar-refractivity contribution in [2.24, 2.45) is 4.99 Å². The van der Waals surface area contributed by atoms with Crippen LogP contribution >= 0.6 is 22.6 Å². The highest BCUT2D eigenvalue weighted by Crippen LogP contribution is 2.30. The number of fused-ring (bicyclic) bond motifs is 1. The second kappa shape index (κ2) is 5.19. The zero-order chi connectivity index (χ0) is 14.1. The number of rotatable bonds is 3. The van der Waals surface area contributed by atoms with Gasteiger partial charge >= 0.3 is 0 Å². The van der Waals surface area contributed by atoms with Gasteiger partial charge in [-0.05, 0) is 22.6 Å². The Labute approximate surface area is 128 Å². The molecule has 0 amide bonds. The number of nitrogens with zero attached hydrogens (tertiary/aromatic N) is 6. The average molecular weight is 381 g/mol. The Hall–Kier alpha value is -1.97. The van der Waals surface area contributed by atoms with Gasteiger partial charge in [-0.1, -0.05) is 0 Å². The van der Waals surface area contributed by atoms with E-state index in [1.807, 2.05) is 36.0 Å². The number of aromatic amines is 1. The number of aliphatic imine (C=N–C) groups is 1. The second-order valence-electron chi connectivity index (χ2n) is 4.41. The third-order valence-electron chi connectivity index (χ3n) is 2.69. The summed E-state index contributed by atoms with van der Waals surface area (Å²) in [6, 6.07) is 0. The van der Waals surface area contributed by atoms with E-state index in [1.165, 1.54) is 6.33 Å². The Kier molecular flexibility index (Phi) is 3.38. The zero-order valence-electron chi connectivity index (χ0n) is 10.9. The van der Waals surface area contributed by atoms with Gasteiger partial charge in [-0.2, -0.15) is 5.10 Å². The zero-order valence-corrected chi connectivity index (χ0v) is 13.1. The van der Waals surface area contributed by atoms with Crippen molar-refractivity contribution < 1.29 is 0 Å². The van der Waals surface area contributed by atoms with Gasteiger partial charge in [0.15, 0.2) is 11.5 Å². The Bertz CT molecular complexity index is 758. The summed E-state index contributed by atoms with van der Waals surface area (Å²) < 4.78 is 3.02. The Morgan fingerprint density at radius 3 is 2.95 bits per heavy atom. The Morgan fingerprint density at radius 2 is 2.25 bits per heavy atom. The van der Waals surface area contributed by atoms with Gasteiger partial charge in [0, 0.05) is 30.1 Å². The summed E-state index contributed by atoms with van der Waals surface area (Å²) >= 11 is 2.27. The molecule has 3 aromatic heterocycles. The van der Waals surface area contributed by atoms with Crippen LogP contribution in [0.15, 0.2) is 29.9 Å². The van der Waals surface area contributed by atoms with Crippen molar-refractivity contribution in [3.63, 3.8) is 0 Å². The maximum absolute atomic E-state index is 4.40. The van der Waals surface area contributed by atoms with Crippen molar-refractivity contribution in [2.45, 2.75) is 0 Å². The standard InChI is InChI=1S/C12H12IN7/c1-19(2)7-16-11-10-9(13)5-20(8-3-17-18-4-8)12(10)15-6-14-11/h3-7H,1-2H3,(H,17,18). The Balaban J connectivity index is 2.21. The van der Waals surface area contributed by atoms with E-state index < -0.39 is 0 Å². The van der Waals surface area contributed by atoms with Gasteiger partial charge in [0.2, 0.25) is 0 Å². The monoisotopic (exact) mass is 381 g/mol. The molecule has 7 nitrogen and oxygen atoms in total. The van der Waals surface area contributed by atoms with Crippen LogP contribution in [0.25, 0.3) is 16.7 Å². The SMILES string of the molecule is CN(C)C=Nc1ncnc2c1c(I)cn2-c1cn[nH]c1. The molecule has 3 rings (SSSR count). The fourth-order valence-electron chi connectivity index (χ4n) is 1.84. The molecule has 0 fully saturated rings. The van der Waals surface area contributed by atoms with Crippen LogP contribution < -0.4 is 0 Å². The first-order valence-electron chi connectivity index (χ1n) is 5.88. The molecule has 0 spiro atoms. The van der Waals surface area contributed by atoms with Gasteiger partial charge in [-0.25, -0.2) is 15.0 Å². The largest absolute Gasteiger partial charge is 0.369 e. The fourth-order valence-corrected chi connectivity index (χ4v) is 2.60. The minimum atomic E-state index is 0.662. The fraction of sp³-hybridized carbons (Fsp3) is 0.167. The lowest BCUT2D eigenvalue weighted by Crippen LogP contribution is -2.07. The van der Waals surface area contributed by atoms with Crippen LogP contribution in [0.3, 0.4) is 0 Å². The van der Waals surface area contributed by atoms with E-state index in [0.717, 1.165) is 20.3 Å². The topological polar surface area (TPSA) is 75.0 Å². The minimum Gasteiger partial charge on any atom is -0.369 e. The number of nitrogens with one attached hydrogen (secondary N) is 1. The number of hydrogen-bond acceptors (Lipinski definition) is 4. The molecule has 0 radical (unpaired) electrons. The first-order chi connectivity index (χ1) is 9.66. The van der Waals surface area contributed by atoms with Crippen LogP contribution in [0.1, 0.15) is 0 Å². The molecular formula is C12H12IN7. The van der Waals surface area contributed by atoms with E-state index in [1.54, 1.807) is 12.5 Å². The quantitative estimate of drug-likeness (QED) is 0.428. The first kappa shape index (κ1) is 13.0. The van der Waals surface area contributed by atoms with E-state index >= 15 is 0 Å². The number of halogens is 1. The first-order valence-corrected chi connectivity index (χ1v) is 6.96. The molecule has 20 heavy (non-hydrogen) atoms. The predicted octanol–water partition coefficient (Wildman–Crippen LogP) is 1.97. The summed E-state index contributed by atoms with van der Waals surface area (Å²) in [5, 5.41) is 7.71. The van der Waals surface area contributed by atoms with E-state index in [0.29, 0.717) is 5.82 Å². The smallest absolute Gasteiger partial charge is 0.167 e. The predicted molar refractivity (Wildman–Crippen MR) is 85.6 cm³/mol. The molecule has 8 heteroatoms. The molecule has 0 bridgehead atoms. The van der Waals surface area contributed by atoms with Crippen LogP contribution in [-0.4, -0.2) is 50.1 Å². The van der Waals surface area contributed by atoms with Crippen molar-refractivity contribution in [3.05, 3.63) is 28.5 Å². The van der Waals surface area contributed by atoms with E-state index in [4.69, 9.17) is 0 Å². The summed E-state index contributed by atoms with van der Waals surface area (Å²) in [6.45, 7) is 0. The molecule has 3 heterocycles. The van der Waals surface area contributed by atoms with Gasteiger partial charge in [0.1, 0.15) is 6.33 Å². The van der Waals surface area contributed by atoms with Crippen LogP contribution in [0.2, 0.25) is 0 Å². The summed E-state index contributed by atoms with van der Waals surface area (Å²) in [5.41, 5.74) is 1.75. The van der Waals surface area contributed by atoms with Gasteiger partial charge in [-0.15, -0.1) is 0 Å². The molecular weight excluding hydrogens is 369 g/mol. The van der Waals surface area contributed by atoms with Crippen molar-refractivity contribution in [2.75, 3.05) is 14.1 Å². The van der Waals surface area contributed by atoms with Crippen molar-refractivity contribution in [1.29, 1.82) is 0 Å². The third kappa shape index (κ3) is 2.26. The van der Waals surface area contributed by atoms with Gasteiger partial charge in [0.05, 0.1) is 23.6 Å². The highest BCUT2D eigenvalue weighted by Gasteiger charge is 2.14. The lowest BCUT2D eigenvalue weighted by Gasteiger charge is -2.03. The average Bonchev–Trinajstić information content (AvgIpc) is 3.04. The molecule has 0 atom stereocenters. The van der Waals surface area contributed by atoms with Crippen LogP contribution in [0, 0.1) is 3.57 Å². The summed E-state index contributed by atoms with van der Waals surface area (Å²) in [5.74, 6) is 0.662. The molecule has 0 saturated carbocycles. The number of H-pyrrole nitrogens is 1. The van der Waals surface area contributed by atoms with Crippen LogP contribution in [0.4, 0.5) is 5.82 Å². The molecule has 1 N–H and O–H groups in total. The van der Waals surface area contributed by atoms with E-state index in [2.05, 4.69) is 47.7 Å². The third-order valence-corrected chi connectivity index (χ3v) is 3.51. The second-order valence-corrected chi connectivity index (χ2v) is 5.57. The molecule has 0 aliphatic heterocycles. The minimum absolute atomic E-state index is 0.662. The number of hydrogen-bond donors (Lipinski definition) is 1. The molecule has 3 aromatic rings. The summed E-state index contributed by atoms with van der Waals surface area (Å²) in [6.07, 6.45) is 8.82. The maximum Gasteiger partial charge on any atom is 0.167 e. The highest BCUT2D eigenvalue weighted by atomic mass is 127. The molecule has 0 saturated heterocycles. The van der Waals surface area contributed by atoms with Crippen LogP contribution in [0.5, 0.6) is 0 Å². The lowest BCUT2D eigenvalue weighted by molar-refractivity contribution is 0.643. The van der Waals surface area contributed by atoms with Crippen molar-refractivity contribution in [3.8, 4) is 5.69 Å². The highest BCUT2D eigenvalue weighted by molar-refractivity contribution is 14.1. The van der Waals surface area contributed by atoms with Gasteiger partial charge in [-0.3, -0.25) is 9.67 Å². The molecule has 0 aliphatic rings. The Morgan fingerprint density at radius 1 is 1.40 bits per heavy atom. The molecule has 0 aliphatic carbocycles. The maximum atomic E-state index is 4.40. The number of aromatic nitrogens is 5. The van der Waals surface area contributed by atoms with Gasteiger partial charge in [0.25, 0.3) is 0 Å². The lowest BCUT2D eigenvalue weighted by atomic mass is 10.4. The summed E-state index contributed by atoms with van der Waals surface area (Å²) in [4.78, 5) is 14.9. The molecule has 0 aromatic carbocycles. The van der Waals surface area contributed by atoms with Crippen molar-refractivity contribution in [1.82, 2.24) is 29.6 Å². The van der Waals surface area contributed by atoms with E-state index in [-0.39, 0.29) is 0 Å². The van der Waals surface area contributed by atoms with Gasteiger partial charge < -0.3 is 4.90 Å². The van der Waals surface area contributed by atoms with E-state index in [9.17, 15) is 0 Å². The van der Waals surface area contributed by atoms with Crippen molar-refractivity contribution >= 4 is 45.8 Å². The summed E-state index contributed by atoms with van der Waals surface area (Å²) in [7, 11) is 3.84. The molecule has 0 unspecified atom stereocenters. The molecule has 102 valence electrons. The normalized spacial score (nSPS) is 11.6.